The van der Waals surface area contributed by atoms with E-state index in [1.807, 2.05) is 18.2 Å². The Balaban J connectivity index is 2.46. The van der Waals surface area contributed by atoms with Crippen LogP contribution in [0.2, 0.25) is 0 Å². The minimum Gasteiger partial charge on any atom is -0.465 e. The number of hydrogen-bond donors (Lipinski definition) is 1. The average Bonchev–Trinajstić information content (AvgIpc) is 2.23. The normalized spacial score (nSPS) is 10.1. The van der Waals surface area contributed by atoms with Crippen molar-refractivity contribution in [3.63, 3.8) is 0 Å². The van der Waals surface area contributed by atoms with E-state index < -0.39 is 0 Å². The number of ether oxygens (including phenoxy) is 1. The lowest BCUT2D eigenvalue weighted by atomic mass is 10.2. The second-order valence-corrected chi connectivity index (χ2v) is 4.95. The molecule has 88 valence electrons. The molecule has 5 heteroatoms. The molecule has 0 aliphatic heterocycles. The van der Waals surface area contributed by atoms with Gasteiger partial charge in [-0.15, -0.1) is 11.8 Å². The highest BCUT2D eigenvalue weighted by atomic mass is 79.9. The lowest BCUT2D eigenvalue weighted by Gasteiger charge is -2.07. The zero-order chi connectivity index (χ0) is 12.0. The van der Waals surface area contributed by atoms with Gasteiger partial charge in [0.05, 0.1) is 12.4 Å². The third kappa shape index (κ3) is 4.06. The molecule has 0 aliphatic rings. The van der Waals surface area contributed by atoms with Crippen molar-refractivity contribution in [2.45, 2.75) is 12.7 Å². The summed E-state index contributed by atoms with van der Waals surface area (Å²) >= 11 is 4.93. The summed E-state index contributed by atoms with van der Waals surface area (Å²) in [6, 6.07) is 5.68. The fourth-order valence-electron chi connectivity index (χ4n) is 1.17. The summed E-state index contributed by atoms with van der Waals surface area (Å²) in [5.74, 6) is 0.874. The van der Waals surface area contributed by atoms with Gasteiger partial charge in [-0.2, -0.15) is 0 Å². The zero-order valence-electron chi connectivity index (χ0n) is 9.03. The molecule has 0 aliphatic carbocycles. The molecular weight excluding hydrogens is 290 g/mol. The van der Waals surface area contributed by atoms with E-state index >= 15 is 0 Å². The number of benzene rings is 1. The molecule has 0 heterocycles. The van der Waals surface area contributed by atoms with Gasteiger partial charge in [0, 0.05) is 15.9 Å². The number of nitrogens with two attached hydrogens (primary N) is 1. The number of rotatable bonds is 5. The maximum atomic E-state index is 11.1. The third-order valence-corrected chi connectivity index (χ3v) is 3.60. The van der Waals surface area contributed by atoms with E-state index in [1.165, 1.54) is 11.8 Å². The van der Waals surface area contributed by atoms with Crippen molar-refractivity contribution in [3.05, 3.63) is 28.2 Å². The largest absolute Gasteiger partial charge is 0.465 e. The molecule has 1 aromatic carbocycles. The molecule has 2 N–H and O–H groups in total. The van der Waals surface area contributed by atoms with Crippen molar-refractivity contribution in [2.24, 2.45) is 0 Å². The molecule has 0 aromatic heterocycles. The van der Waals surface area contributed by atoms with E-state index in [0.717, 1.165) is 15.7 Å². The Labute approximate surface area is 108 Å². The first kappa shape index (κ1) is 13.4. The summed E-state index contributed by atoms with van der Waals surface area (Å²) in [5.41, 5.74) is 7.60. The maximum Gasteiger partial charge on any atom is 0.315 e. The molecule has 0 radical (unpaired) electrons. The SMILES string of the molecule is CCOC(=O)CSCc1c(N)cccc1Br. The number of carbonyl (C=O) groups excluding carboxylic acids is 1. The lowest BCUT2D eigenvalue weighted by molar-refractivity contribution is -0.139. The van der Waals surface area contributed by atoms with Gasteiger partial charge in [-0.3, -0.25) is 4.79 Å². The van der Waals surface area contributed by atoms with Crippen LogP contribution in [-0.4, -0.2) is 18.3 Å². The molecule has 3 nitrogen and oxygen atoms in total. The Hall–Kier alpha value is -0.680. The molecule has 1 rings (SSSR count). The number of carbonyl (C=O) groups is 1. The molecule has 0 amide bonds. The Morgan fingerprint density at radius 1 is 1.56 bits per heavy atom. The molecule has 0 atom stereocenters. The van der Waals surface area contributed by atoms with E-state index in [-0.39, 0.29) is 5.97 Å². The zero-order valence-corrected chi connectivity index (χ0v) is 11.4. The van der Waals surface area contributed by atoms with Crippen LogP contribution in [-0.2, 0) is 15.3 Å². The van der Waals surface area contributed by atoms with Crippen LogP contribution in [0.25, 0.3) is 0 Å². The third-order valence-electron chi connectivity index (χ3n) is 1.93. The van der Waals surface area contributed by atoms with Gasteiger partial charge >= 0.3 is 5.97 Å². The standard InChI is InChI=1S/C11H14BrNO2S/c1-2-15-11(14)7-16-6-8-9(12)4-3-5-10(8)13/h3-5H,2,6-7,13H2,1H3. The van der Waals surface area contributed by atoms with Gasteiger partial charge in [0.25, 0.3) is 0 Å². The highest BCUT2D eigenvalue weighted by molar-refractivity contribution is 9.10. The van der Waals surface area contributed by atoms with Gasteiger partial charge in [0.2, 0.25) is 0 Å². The van der Waals surface area contributed by atoms with Crippen molar-refractivity contribution in [2.75, 3.05) is 18.1 Å². The van der Waals surface area contributed by atoms with Crippen LogP contribution in [0.3, 0.4) is 0 Å². The van der Waals surface area contributed by atoms with Crippen molar-refractivity contribution in [3.8, 4) is 0 Å². The van der Waals surface area contributed by atoms with Gasteiger partial charge in [-0.05, 0) is 24.6 Å². The second kappa shape index (κ2) is 6.81. The van der Waals surface area contributed by atoms with E-state index in [9.17, 15) is 4.79 Å². The Kier molecular flexibility index (Phi) is 5.69. The van der Waals surface area contributed by atoms with E-state index in [1.54, 1.807) is 6.92 Å². The minimum atomic E-state index is -0.182. The van der Waals surface area contributed by atoms with Crippen molar-refractivity contribution in [1.82, 2.24) is 0 Å². The molecule has 16 heavy (non-hydrogen) atoms. The second-order valence-electron chi connectivity index (χ2n) is 3.11. The van der Waals surface area contributed by atoms with E-state index in [0.29, 0.717) is 18.1 Å². The summed E-state index contributed by atoms with van der Waals surface area (Å²) in [4.78, 5) is 11.1. The first-order valence-electron chi connectivity index (χ1n) is 4.91. The molecular formula is C11H14BrNO2S. The quantitative estimate of drug-likeness (QED) is 0.671. The maximum absolute atomic E-state index is 11.1. The average molecular weight is 304 g/mol. The highest BCUT2D eigenvalue weighted by Gasteiger charge is 2.06. The van der Waals surface area contributed by atoms with Crippen molar-refractivity contribution >= 4 is 39.3 Å². The van der Waals surface area contributed by atoms with E-state index in [4.69, 9.17) is 10.5 Å². The lowest BCUT2D eigenvalue weighted by Crippen LogP contribution is -2.07. The van der Waals surface area contributed by atoms with Gasteiger partial charge in [0.1, 0.15) is 0 Å². The van der Waals surface area contributed by atoms with Crippen molar-refractivity contribution < 1.29 is 9.53 Å². The Morgan fingerprint density at radius 3 is 2.94 bits per heavy atom. The van der Waals surface area contributed by atoms with Gasteiger partial charge < -0.3 is 10.5 Å². The van der Waals surface area contributed by atoms with E-state index in [2.05, 4.69) is 15.9 Å². The predicted molar refractivity (Wildman–Crippen MR) is 71.3 cm³/mol. The predicted octanol–water partition coefficient (Wildman–Crippen LogP) is 2.83. The summed E-state index contributed by atoms with van der Waals surface area (Å²) in [6.07, 6.45) is 0. The number of halogens is 1. The smallest absolute Gasteiger partial charge is 0.315 e. The summed E-state index contributed by atoms with van der Waals surface area (Å²) in [7, 11) is 0. The number of anilines is 1. The molecule has 0 saturated carbocycles. The summed E-state index contributed by atoms with van der Waals surface area (Å²) in [6.45, 7) is 2.23. The summed E-state index contributed by atoms with van der Waals surface area (Å²) < 4.78 is 5.81. The first-order chi connectivity index (χ1) is 7.65. The molecule has 0 fully saturated rings. The molecule has 0 saturated heterocycles. The first-order valence-corrected chi connectivity index (χ1v) is 6.86. The van der Waals surface area contributed by atoms with Crippen LogP contribution >= 0.6 is 27.7 Å². The van der Waals surface area contributed by atoms with Crippen LogP contribution in [0.15, 0.2) is 22.7 Å². The van der Waals surface area contributed by atoms with Crippen LogP contribution < -0.4 is 5.73 Å². The number of nitrogen functional groups attached to an aromatic ring is 1. The van der Waals surface area contributed by atoms with Crippen LogP contribution in [0, 0.1) is 0 Å². The number of thioether (sulfide) groups is 1. The van der Waals surface area contributed by atoms with Crippen LogP contribution in [0.4, 0.5) is 5.69 Å². The topological polar surface area (TPSA) is 52.3 Å². The van der Waals surface area contributed by atoms with Gasteiger partial charge in [0.15, 0.2) is 0 Å². The van der Waals surface area contributed by atoms with Gasteiger partial charge in [-0.25, -0.2) is 0 Å². The van der Waals surface area contributed by atoms with Gasteiger partial charge in [-0.1, -0.05) is 22.0 Å². The highest BCUT2D eigenvalue weighted by Crippen LogP contribution is 2.26. The monoisotopic (exact) mass is 303 g/mol. The van der Waals surface area contributed by atoms with Crippen LogP contribution in [0.5, 0.6) is 0 Å². The molecule has 1 aromatic rings. The Morgan fingerprint density at radius 2 is 2.31 bits per heavy atom. The van der Waals surface area contributed by atoms with Crippen LogP contribution in [0.1, 0.15) is 12.5 Å². The summed E-state index contributed by atoms with van der Waals surface area (Å²) in [5, 5.41) is 0. The number of esters is 1. The number of hydrogen-bond acceptors (Lipinski definition) is 4. The molecule has 0 unspecified atom stereocenters. The fourth-order valence-corrected chi connectivity index (χ4v) is 2.75. The Bertz CT molecular complexity index is 351. The molecule has 0 bridgehead atoms. The molecule has 0 spiro atoms. The fraction of sp³-hybridized carbons (Fsp3) is 0.364. The minimum absolute atomic E-state index is 0.182. The van der Waals surface area contributed by atoms with Crippen molar-refractivity contribution in [1.29, 1.82) is 0 Å².